The third kappa shape index (κ3) is 2.13. The highest BCUT2D eigenvalue weighted by Gasteiger charge is 2.32. The van der Waals surface area contributed by atoms with Crippen molar-refractivity contribution in [3.05, 3.63) is 22.8 Å². The fourth-order valence-corrected chi connectivity index (χ4v) is 3.56. The minimum absolute atomic E-state index is 0.145. The summed E-state index contributed by atoms with van der Waals surface area (Å²) in [6, 6.07) is 2.17. The maximum atomic E-state index is 11.0. The summed E-state index contributed by atoms with van der Waals surface area (Å²) in [5, 5.41) is 9.03. The van der Waals surface area contributed by atoms with E-state index in [-0.39, 0.29) is 12.3 Å². The van der Waals surface area contributed by atoms with E-state index in [0.717, 1.165) is 36.3 Å². The molecule has 0 spiro atoms. The fourth-order valence-electron chi connectivity index (χ4n) is 3.56. The maximum absolute atomic E-state index is 11.0. The molecule has 0 unspecified atom stereocenters. The predicted molar refractivity (Wildman–Crippen MR) is 74.4 cm³/mol. The molecule has 2 aliphatic rings. The summed E-state index contributed by atoms with van der Waals surface area (Å²) in [6.45, 7) is 4.36. The zero-order chi connectivity index (χ0) is 14.3. The van der Waals surface area contributed by atoms with E-state index in [1.807, 2.05) is 13.8 Å². The monoisotopic (exact) mass is 276 g/mol. The number of aryl methyl sites for hydroxylation is 1. The average molecular weight is 276 g/mol. The summed E-state index contributed by atoms with van der Waals surface area (Å²) < 4.78 is 11.2. The number of aliphatic carboxylic acids is 1. The van der Waals surface area contributed by atoms with Gasteiger partial charge in [-0.1, -0.05) is 13.0 Å². The first-order valence-electron chi connectivity index (χ1n) is 7.21. The van der Waals surface area contributed by atoms with Crippen LogP contribution in [0, 0.1) is 12.8 Å². The lowest BCUT2D eigenvalue weighted by molar-refractivity contribution is -0.138. The number of benzene rings is 1. The van der Waals surface area contributed by atoms with Gasteiger partial charge in [0.15, 0.2) is 11.5 Å². The Labute approximate surface area is 118 Å². The highest BCUT2D eigenvalue weighted by molar-refractivity contribution is 5.67. The third-order valence-corrected chi connectivity index (χ3v) is 4.49. The zero-order valence-corrected chi connectivity index (χ0v) is 11.9. The van der Waals surface area contributed by atoms with Crippen molar-refractivity contribution in [1.29, 1.82) is 0 Å². The average Bonchev–Trinajstić information content (AvgIpc) is 2.87. The van der Waals surface area contributed by atoms with Gasteiger partial charge in [-0.15, -0.1) is 0 Å². The summed E-state index contributed by atoms with van der Waals surface area (Å²) in [5.41, 5.74) is 3.59. The number of fused-ring (bicyclic) bond motifs is 3. The Balaban J connectivity index is 2.01. The highest BCUT2D eigenvalue weighted by Crippen LogP contribution is 2.48. The van der Waals surface area contributed by atoms with Crippen molar-refractivity contribution < 1.29 is 19.4 Å². The Hall–Kier alpha value is -1.71. The van der Waals surface area contributed by atoms with Gasteiger partial charge < -0.3 is 14.6 Å². The Bertz CT molecular complexity index is 550. The normalized spacial score (nSPS) is 21.4. The number of hydrogen-bond acceptors (Lipinski definition) is 3. The van der Waals surface area contributed by atoms with Crippen molar-refractivity contribution in [2.24, 2.45) is 5.92 Å². The summed E-state index contributed by atoms with van der Waals surface area (Å²) >= 11 is 0. The van der Waals surface area contributed by atoms with E-state index >= 15 is 0 Å². The molecular weight excluding hydrogens is 256 g/mol. The first-order chi connectivity index (χ1) is 9.58. The number of hydrogen-bond donors (Lipinski definition) is 1. The van der Waals surface area contributed by atoms with Crippen LogP contribution in [0.2, 0.25) is 0 Å². The molecule has 0 aromatic heterocycles. The molecule has 4 nitrogen and oxygen atoms in total. The van der Waals surface area contributed by atoms with Crippen LogP contribution < -0.4 is 9.47 Å². The van der Waals surface area contributed by atoms with Gasteiger partial charge in [0.2, 0.25) is 6.79 Å². The van der Waals surface area contributed by atoms with Crippen LogP contribution in [-0.4, -0.2) is 17.9 Å². The first-order valence-corrected chi connectivity index (χ1v) is 7.21. The van der Waals surface area contributed by atoms with Crippen LogP contribution in [0.4, 0.5) is 0 Å². The van der Waals surface area contributed by atoms with Crippen molar-refractivity contribution >= 4 is 5.97 Å². The molecule has 108 valence electrons. The lowest BCUT2D eigenvalue weighted by Crippen LogP contribution is -2.19. The van der Waals surface area contributed by atoms with Gasteiger partial charge in [-0.3, -0.25) is 4.79 Å². The van der Waals surface area contributed by atoms with Crippen LogP contribution in [0.25, 0.3) is 0 Å². The lowest BCUT2D eigenvalue weighted by Gasteiger charge is -2.30. The lowest BCUT2D eigenvalue weighted by atomic mass is 9.74. The largest absolute Gasteiger partial charge is 0.481 e. The van der Waals surface area contributed by atoms with E-state index < -0.39 is 5.97 Å². The second kappa shape index (κ2) is 5.00. The summed E-state index contributed by atoms with van der Waals surface area (Å²) in [5.74, 6) is 1.50. The van der Waals surface area contributed by atoms with E-state index in [1.165, 1.54) is 11.1 Å². The molecule has 1 aromatic carbocycles. The van der Waals surface area contributed by atoms with E-state index in [4.69, 9.17) is 14.6 Å². The van der Waals surface area contributed by atoms with Crippen LogP contribution in [0.15, 0.2) is 6.07 Å². The SMILES string of the molecule is Cc1cc2c(c3c1OCO3)CCC[C@@H]2[C@@H](C)CC(=O)O. The van der Waals surface area contributed by atoms with Crippen LogP contribution >= 0.6 is 0 Å². The molecule has 1 N–H and O–H groups in total. The molecule has 1 aromatic rings. The van der Waals surface area contributed by atoms with Crippen molar-refractivity contribution in [3.8, 4) is 11.5 Å². The van der Waals surface area contributed by atoms with E-state index in [0.29, 0.717) is 12.7 Å². The van der Waals surface area contributed by atoms with Crippen molar-refractivity contribution in [2.75, 3.05) is 6.79 Å². The zero-order valence-electron chi connectivity index (χ0n) is 11.9. The molecule has 1 aliphatic heterocycles. The number of rotatable bonds is 3. The molecule has 0 saturated carbocycles. The maximum Gasteiger partial charge on any atom is 0.303 e. The molecular formula is C16H20O4. The number of ether oxygens (including phenoxy) is 2. The van der Waals surface area contributed by atoms with Crippen molar-refractivity contribution in [1.82, 2.24) is 0 Å². The molecule has 20 heavy (non-hydrogen) atoms. The Morgan fingerprint density at radius 2 is 2.20 bits per heavy atom. The van der Waals surface area contributed by atoms with E-state index in [1.54, 1.807) is 0 Å². The summed E-state index contributed by atoms with van der Waals surface area (Å²) in [6.07, 6.45) is 3.36. The topological polar surface area (TPSA) is 55.8 Å². The molecule has 1 heterocycles. The fraction of sp³-hybridized carbons (Fsp3) is 0.562. The minimum atomic E-state index is -0.720. The van der Waals surface area contributed by atoms with Gasteiger partial charge in [-0.25, -0.2) is 0 Å². The predicted octanol–water partition coefficient (Wildman–Crippen LogP) is 3.25. The van der Waals surface area contributed by atoms with Gasteiger partial charge in [0.1, 0.15) is 0 Å². The van der Waals surface area contributed by atoms with Gasteiger partial charge in [0.05, 0.1) is 0 Å². The van der Waals surface area contributed by atoms with Crippen LogP contribution in [0.1, 0.15) is 48.8 Å². The molecule has 0 amide bonds. The van der Waals surface area contributed by atoms with Crippen LogP contribution in [-0.2, 0) is 11.2 Å². The molecule has 0 bridgehead atoms. The van der Waals surface area contributed by atoms with Crippen LogP contribution in [0.3, 0.4) is 0 Å². The van der Waals surface area contributed by atoms with Gasteiger partial charge in [-0.2, -0.15) is 0 Å². The van der Waals surface area contributed by atoms with E-state index in [9.17, 15) is 4.79 Å². The molecule has 0 fully saturated rings. The van der Waals surface area contributed by atoms with Crippen molar-refractivity contribution in [2.45, 2.75) is 45.4 Å². The molecule has 1 aliphatic carbocycles. The second-order valence-corrected chi connectivity index (χ2v) is 5.90. The highest BCUT2D eigenvalue weighted by atomic mass is 16.7. The first kappa shape index (κ1) is 13.3. The Morgan fingerprint density at radius 1 is 1.45 bits per heavy atom. The number of carboxylic acid groups (broad SMARTS) is 1. The molecule has 0 saturated heterocycles. The summed E-state index contributed by atoms with van der Waals surface area (Å²) in [7, 11) is 0. The third-order valence-electron chi connectivity index (χ3n) is 4.49. The van der Waals surface area contributed by atoms with Crippen LogP contribution in [0.5, 0.6) is 11.5 Å². The Kier molecular flexibility index (Phi) is 3.32. The quantitative estimate of drug-likeness (QED) is 0.920. The summed E-state index contributed by atoms with van der Waals surface area (Å²) in [4.78, 5) is 11.0. The number of carboxylic acids is 1. The van der Waals surface area contributed by atoms with E-state index in [2.05, 4.69) is 6.07 Å². The van der Waals surface area contributed by atoms with Gasteiger partial charge in [0, 0.05) is 12.0 Å². The van der Waals surface area contributed by atoms with Crippen molar-refractivity contribution in [3.63, 3.8) is 0 Å². The van der Waals surface area contributed by atoms with Gasteiger partial charge in [0.25, 0.3) is 0 Å². The molecule has 0 radical (unpaired) electrons. The van der Waals surface area contributed by atoms with Gasteiger partial charge >= 0.3 is 5.97 Å². The molecule has 4 heteroatoms. The van der Waals surface area contributed by atoms with Gasteiger partial charge in [-0.05, 0) is 49.1 Å². The molecule has 2 atom stereocenters. The number of carbonyl (C=O) groups is 1. The Morgan fingerprint density at radius 3 is 2.95 bits per heavy atom. The smallest absolute Gasteiger partial charge is 0.303 e. The second-order valence-electron chi connectivity index (χ2n) is 5.90. The standard InChI is InChI=1S/C16H20O4/c1-9(7-14(17)18)11-4-3-5-12-13(11)6-10(2)15-16(12)20-8-19-15/h6,9,11H,3-5,7-8H2,1-2H3,(H,17,18)/t9-,11+/m0/s1. The molecule has 3 rings (SSSR count). The minimum Gasteiger partial charge on any atom is -0.481 e.